The van der Waals surface area contributed by atoms with E-state index in [-0.39, 0.29) is 18.7 Å². The molecule has 1 aromatic carbocycles. The van der Waals surface area contributed by atoms with Crippen LogP contribution in [0.25, 0.3) is 0 Å². The monoisotopic (exact) mass is 292 g/mol. The molecule has 0 aliphatic heterocycles. The summed E-state index contributed by atoms with van der Waals surface area (Å²) in [6, 6.07) is 5.66. The molecule has 0 bridgehead atoms. The van der Waals surface area contributed by atoms with Gasteiger partial charge in [0, 0.05) is 12.6 Å². The highest BCUT2D eigenvalue weighted by molar-refractivity contribution is 5.91. The van der Waals surface area contributed by atoms with Gasteiger partial charge in [0.15, 0.2) is 0 Å². The molecule has 5 nitrogen and oxygen atoms in total. The average molecular weight is 292 g/mol. The lowest BCUT2D eigenvalue weighted by Crippen LogP contribution is -2.40. The molecule has 21 heavy (non-hydrogen) atoms. The lowest BCUT2D eigenvalue weighted by molar-refractivity contribution is 0.176. The third-order valence-electron chi connectivity index (χ3n) is 4.04. The number of aliphatic hydroxyl groups excluding tert-OH is 1. The van der Waals surface area contributed by atoms with Crippen molar-refractivity contribution < 1.29 is 14.6 Å². The molecule has 1 aromatic rings. The summed E-state index contributed by atoms with van der Waals surface area (Å²) in [5.41, 5.74) is 1.74. The molecule has 2 amide bonds. The molecule has 2 rings (SSSR count). The average Bonchev–Trinajstić information content (AvgIpc) is 2.48. The number of methoxy groups -OCH3 is 1. The van der Waals surface area contributed by atoms with Gasteiger partial charge in [0.2, 0.25) is 0 Å². The van der Waals surface area contributed by atoms with Crippen molar-refractivity contribution in [2.75, 3.05) is 19.0 Å². The topological polar surface area (TPSA) is 70.6 Å². The van der Waals surface area contributed by atoms with E-state index in [4.69, 9.17) is 9.84 Å². The third-order valence-corrected chi connectivity index (χ3v) is 4.04. The Hall–Kier alpha value is -1.75. The summed E-state index contributed by atoms with van der Waals surface area (Å²) in [6.07, 6.45) is 3.78. The number of aliphatic hydroxyl groups is 1. The van der Waals surface area contributed by atoms with E-state index in [1.807, 2.05) is 25.1 Å². The Bertz CT molecular complexity index is 482. The molecule has 0 unspecified atom stereocenters. The maximum atomic E-state index is 12.1. The number of carbonyl (C=O) groups excluding carboxylic acids is 1. The Morgan fingerprint density at radius 1 is 1.33 bits per heavy atom. The maximum Gasteiger partial charge on any atom is 0.319 e. The summed E-state index contributed by atoms with van der Waals surface area (Å²) in [6.45, 7) is 2.22. The smallest absolute Gasteiger partial charge is 0.319 e. The quantitative estimate of drug-likeness (QED) is 0.799. The van der Waals surface area contributed by atoms with Crippen molar-refractivity contribution in [3.63, 3.8) is 0 Å². The van der Waals surface area contributed by atoms with Crippen molar-refractivity contribution in [3.05, 3.63) is 23.8 Å². The van der Waals surface area contributed by atoms with E-state index >= 15 is 0 Å². The van der Waals surface area contributed by atoms with Crippen molar-refractivity contribution in [2.24, 2.45) is 5.92 Å². The van der Waals surface area contributed by atoms with Crippen LogP contribution in [-0.4, -0.2) is 30.9 Å². The van der Waals surface area contributed by atoms with Crippen LogP contribution >= 0.6 is 0 Å². The number of aryl methyl sites for hydroxylation is 1. The normalized spacial score (nSPS) is 21.7. The number of carbonyl (C=O) groups is 1. The fourth-order valence-corrected chi connectivity index (χ4v) is 2.75. The zero-order chi connectivity index (χ0) is 15.2. The number of benzene rings is 1. The Morgan fingerprint density at radius 3 is 2.67 bits per heavy atom. The minimum absolute atomic E-state index is 0.184. The van der Waals surface area contributed by atoms with Gasteiger partial charge in [0.05, 0.1) is 12.8 Å². The van der Waals surface area contributed by atoms with Crippen molar-refractivity contribution >= 4 is 11.7 Å². The fourth-order valence-electron chi connectivity index (χ4n) is 2.75. The number of ether oxygens (including phenoxy) is 1. The first-order valence-corrected chi connectivity index (χ1v) is 7.45. The highest BCUT2D eigenvalue weighted by Crippen LogP contribution is 2.26. The molecule has 0 heterocycles. The Labute approximate surface area is 125 Å². The van der Waals surface area contributed by atoms with E-state index in [0.29, 0.717) is 17.4 Å². The van der Waals surface area contributed by atoms with Crippen LogP contribution in [0.5, 0.6) is 5.75 Å². The summed E-state index contributed by atoms with van der Waals surface area (Å²) in [5.74, 6) is 1.04. The van der Waals surface area contributed by atoms with Gasteiger partial charge in [0.25, 0.3) is 0 Å². The molecular formula is C16H24N2O3. The Morgan fingerprint density at radius 2 is 2.05 bits per heavy atom. The summed E-state index contributed by atoms with van der Waals surface area (Å²) in [5, 5.41) is 15.0. The molecule has 1 fully saturated rings. The van der Waals surface area contributed by atoms with Crippen molar-refractivity contribution in [2.45, 2.75) is 38.6 Å². The first-order valence-electron chi connectivity index (χ1n) is 7.45. The number of nitrogens with one attached hydrogen (secondary N) is 2. The van der Waals surface area contributed by atoms with Crippen LogP contribution in [0, 0.1) is 12.8 Å². The van der Waals surface area contributed by atoms with Gasteiger partial charge < -0.3 is 20.5 Å². The number of anilines is 1. The molecule has 1 aliphatic carbocycles. The molecule has 0 aromatic heterocycles. The zero-order valence-corrected chi connectivity index (χ0v) is 12.7. The number of rotatable bonds is 4. The predicted octanol–water partition coefficient (Wildman–Crippen LogP) is 2.68. The van der Waals surface area contributed by atoms with Gasteiger partial charge in [-0.3, -0.25) is 0 Å². The molecule has 5 heteroatoms. The van der Waals surface area contributed by atoms with Gasteiger partial charge in [0.1, 0.15) is 5.75 Å². The second-order valence-electron chi connectivity index (χ2n) is 5.70. The van der Waals surface area contributed by atoms with Crippen molar-refractivity contribution in [3.8, 4) is 5.75 Å². The minimum Gasteiger partial charge on any atom is -0.495 e. The van der Waals surface area contributed by atoms with E-state index in [9.17, 15) is 4.79 Å². The van der Waals surface area contributed by atoms with Gasteiger partial charge in [-0.2, -0.15) is 0 Å². The van der Waals surface area contributed by atoms with Crippen LogP contribution < -0.4 is 15.4 Å². The van der Waals surface area contributed by atoms with Crippen LogP contribution in [0.3, 0.4) is 0 Å². The zero-order valence-electron chi connectivity index (χ0n) is 12.7. The first kappa shape index (κ1) is 15.6. The Balaban J connectivity index is 1.89. The molecule has 116 valence electrons. The minimum atomic E-state index is -0.202. The highest BCUT2D eigenvalue weighted by atomic mass is 16.5. The largest absolute Gasteiger partial charge is 0.495 e. The molecule has 3 N–H and O–H groups in total. The molecule has 1 saturated carbocycles. The summed E-state index contributed by atoms with van der Waals surface area (Å²) in [4.78, 5) is 12.1. The SMILES string of the molecule is COc1ccc(C)cc1NC(=O)NC1CCC(CO)CC1. The lowest BCUT2D eigenvalue weighted by Gasteiger charge is -2.28. The lowest BCUT2D eigenvalue weighted by atomic mass is 9.87. The number of hydrogen-bond donors (Lipinski definition) is 3. The van der Waals surface area contributed by atoms with Crippen molar-refractivity contribution in [1.29, 1.82) is 0 Å². The number of hydrogen-bond acceptors (Lipinski definition) is 3. The number of amides is 2. The van der Waals surface area contributed by atoms with Gasteiger partial charge >= 0.3 is 6.03 Å². The fraction of sp³-hybridized carbons (Fsp3) is 0.562. The second kappa shape index (κ2) is 7.31. The van der Waals surface area contributed by atoms with E-state index < -0.39 is 0 Å². The number of urea groups is 1. The van der Waals surface area contributed by atoms with Crippen LogP contribution in [0.1, 0.15) is 31.2 Å². The van der Waals surface area contributed by atoms with E-state index in [1.165, 1.54) is 0 Å². The first-order chi connectivity index (χ1) is 10.1. The predicted molar refractivity (Wildman–Crippen MR) is 82.7 cm³/mol. The molecule has 0 saturated heterocycles. The van der Waals surface area contributed by atoms with Gasteiger partial charge in [-0.25, -0.2) is 4.79 Å². The summed E-state index contributed by atoms with van der Waals surface area (Å²) in [7, 11) is 1.59. The summed E-state index contributed by atoms with van der Waals surface area (Å²) < 4.78 is 5.25. The van der Waals surface area contributed by atoms with Gasteiger partial charge in [-0.1, -0.05) is 6.07 Å². The van der Waals surface area contributed by atoms with Gasteiger partial charge in [-0.15, -0.1) is 0 Å². The van der Waals surface area contributed by atoms with Gasteiger partial charge in [-0.05, 0) is 56.2 Å². The molecule has 1 aliphatic rings. The molecule has 0 spiro atoms. The second-order valence-corrected chi connectivity index (χ2v) is 5.70. The van der Waals surface area contributed by atoms with E-state index in [1.54, 1.807) is 7.11 Å². The van der Waals surface area contributed by atoms with Crippen molar-refractivity contribution in [1.82, 2.24) is 5.32 Å². The van der Waals surface area contributed by atoms with Crippen LogP contribution in [0.4, 0.5) is 10.5 Å². The third kappa shape index (κ3) is 4.36. The van der Waals surface area contributed by atoms with Crippen LogP contribution in [0.15, 0.2) is 18.2 Å². The Kier molecular flexibility index (Phi) is 5.44. The van der Waals surface area contributed by atoms with E-state index in [2.05, 4.69) is 10.6 Å². The van der Waals surface area contributed by atoms with Crippen LogP contribution in [-0.2, 0) is 0 Å². The summed E-state index contributed by atoms with van der Waals surface area (Å²) >= 11 is 0. The highest BCUT2D eigenvalue weighted by Gasteiger charge is 2.22. The standard InChI is InChI=1S/C16H24N2O3/c1-11-3-8-15(21-2)14(9-11)18-16(20)17-13-6-4-12(10-19)5-7-13/h3,8-9,12-13,19H,4-7,10H2,1-2H3,(H2,17,18,20). The van der Waals surface area contributed by atoms with Crippen LogP contribution in [0.2, 0.25) is 0 Å². The molecular weight excluding hydrogens is 268 g/mol. The molecule has 0 radical (unpaired) electrons. The molecule has 0 atom stereocenters. The van der Waals surface area contributed by atoms with E-state index in [0.717, 1.165) is 31.2 Å². The maximum absolute atomic E-state index is 12.1.